The third-order valence-electron chi connectivity index (χ3n) is 6.32. The first kappa shape index (κ1) is 17.3. The molecule has 2 aliphatic rings. The van der Waals surface area contributed by atoms with Gasteiger partial charge in [-0.3, -0.25) is 14.1 Å². The van der Waals surface area contributed by atoms with E-state index < -0.39 is 0 Å². The van der Waals surface area contributed by atoms with Crippen LogP contribution in [-0.4, -0.2) is 45.8 Å². The number of pyridine rings is 1. The van der Waals surface area contributed by atoms with E-state index in [1.165, 1.54) is 0 Å². The average molecular weight is 399 g/mol. The second-order valence-corrected chi connectivity index (χ2v) is 7.79. The van der Waals surface area contributed by atoms with Gasteiger partial charge in [-0.1, -0.05) is 6.92 Å². The van der Waals surface area contributed by atoms with Gasteiger partial charge in [-0.2, -0.15) is 4.98 Å². The summed E-state index contributed by atoms with van der Waals surface area (Å²) in [5.41, 5.74) is 1.69. The Hall–Kier alpha value is -3.62. The van der Waals surface area contributed by atoms with Crippen LogP contribution in [0.3, 0.4) is 0 Å². The van der Waals surface area contributed by atoms with Gasteiger partial charge in [0.25, 0.3) is 0 Å². The molecule has 0 amide bonds. The quantitative estimate of drug-likeness (QED) is 0.523. The molecule has 9 heteroatoms. The molecule has 0 aliphatic carbocycles. The fourth-order valence-corrected chi connectivity index (χ4v) is 4.90. The largest absolute Gasteiger partial charge is 0.342 e. The maximum absolute atomic E-state index is 5.04. The summed E-state index contributed by atoms with van der Waals surface area (Å²) in [6, 6.07) is 3.89. The van der Waals surface area contributed by atoms with Crippen molar-refractivity contribution in [1.29, 1.82) is 0 Å². The number of hydrogen-bond donors (Lipinski definition) is 0. The predicted molar refractivity (Wildman–Crippen MR) is 111 cm³/mol. The average Bonchev–Trinajstić information content (AvgIpc) is 3.52. The van der Waals surface area contributed by atoms with Gasteiger partial charge in [-0.05, 0) is 38.3 Å². The lowest BCUT2D eigenvalue weighted by Crippen LogP contribution is -2.47. The van der Waals surface area contributed by atoms with Gasteiger partial charge in [0.1, 0.15) is 22.9 Å². The van der Waals surface area contributed by atoms with E-state index in [1.54, 1.807) is 18.6 Å². The van der Waals surface area contributed by atoms with E-state index in [2.05, 4.69) is 36.6 Å². The molecule has 0 bridgehead atoms. The molecule has 30 heavy (non-hydrogen) atoms. The number of fused-ring (bicyclic) bond motifs is 6. The van der Waals surface area contributed by atoms with Gasteiger partial charge < -0.3 is 4.90 Å². The zero-order valence-electron chi connectivity index (χ0n) is 16.9. The van der Waals surface area contributed by atoms with Crippen molar-refractivity contribution in [3.8, 4) is 23.0 Å². The van der Waals surface area contributed by atoms with Gasteiger partial charge in [0.05, 0.1) is 6.20 Å². The zero-order valence-corrected chi connectivity index (χ0v) is 16.9. The van der Waals surface area contributed by atoms with Crippen LogP contribution in [0.4, 0.5) is 5.82 Å². The lowest BCUT2D eigenvalue weighted by atomic mass is 9.90. The summed E-state index contributed by atoms with van der Waals surface area (Å²) < 4.78 is 4.04. The molecule has 4 aromatic rings. The van der Waals surface area contributed by atoms with E-state index in [0.29, 0.717) is 5.95 Å². The van der Waals surface area contributed by atoms with E-state index in [-0.39, 0.29) is 5.54 Å². The Labute approximate surface area is 173 Å². The van der Waals surface area contributed by atoms with E-state index in [4.69, 9.17) is 9.97 Å². The molecule has 2 aliphatic heterocycles. The maximum atomic E-state index is 5.04. The van der Waals surface area contributed by atoms with Crippen LogP contribution in [0.1, 0.15) is 37.8 Å². The number of rotatable bonds is 3. The van der Waals surface area contributed by atoms with Crippen molar-refractivity contribution in [2.24, 2.45) is 0 Å². The molecule has 0 radical (unpaired) electrons. The molecule has 0 spiro atoms. The highest BCUT2D eigenvalue weighted by atomic mass is 15.4. The Morgan fingerprint density at radius 1 is 1.13 bits per heavy atom. The van der Waals surface area contributed by atoms with Gasteiger partial charge in [-0.15, -0.1) is 10.2 Å². The van der Waals surface area contributed by atoms with Gasteiger partial charge in [0.15, 0.2) is 11.6 Å². The van der Waals surface area contributed by atoms with E-state index in [0.717, 1.165) is 60.3 Å². The van der Waals surface area contributed by atoms with Crippen molar-refractivity contribution >= 4 is 5.82 Å². The molecule has 1 saturated heterocycles. The van der Waals surface area contributed by atoms with Gasteiger partial charge in [-0.25, -0.2) is 9.97 Å². The van der Waals surface area contributed by atoms with Crippen LogP contribution in [0.25, 0.3) is 23.0 Å². The highest BCUT2D eigenvalue weighted by molar-refractivity contribution is 5.65. The molecule has 150 valence electrons. The summed E-state index contributed by atoms with van der Waals surface area (Å²) in [4.78, 5) is 20.9. The Morgan fingerprint density at radius 3 is 2.90 bits per heavy atom. The first-order valence-corrected chi connectivity index (χ1v) is 10.2. The van der Waals surface area contributed by atoms with E-state index >= 15 is 0 Å². The molecular weight excluding hydrogens is 378 g/mol. The zero-order chi connectivity index (χ0) is 20.3. The first-order chi connectivity index (χ1) is 14.7. The molecule has 0 aromatic carbocycles. The summed E-state index contributed by atoms with van der Waals surface area (Å²) in [6.07, 6.45) is 12.2. The minimum atomic E-state index is -0.166. The topological polar surface area (TPSA) is 90.4 Å². The van der Waals surface area contributed by atoms with E-state index in [1.807, 2.05) is 36.0 Å². The Balaban J connectivity index is 1.55. The first-order valence-electron chi connectivity index (χ1n) is 10.2. The van der Waals surface area contributed by atoms with Gasteiger partial charge >= 0.3 is 0 Å². The fourth-order valence-electron chi connectivity index (χ4n) is 4.90. The third-order valence-corrected chi connectivity index (χ3v) is 6.32. The number of nitrogens with zero attached hydrogens (tertiary/aromatic N) is 9. The second-order valence-electron chi connectivity index (χ2n) is 7.79. The molecule has 1 unspecified atom stereocenters. The normalized spacial score (nSPS) is 19.5. The minimum absolute atomic E-state index is 0.166. The molecule has 9 nitrogen and oxygen atoms in total. The van der Waals surface area contributed by atoms with Crippen LogP contribution in [0.2, 0.25) is 0 Å². The highest BCUT2D eigenvalue weighted by Gasteiger charge is 2.50. The summed E-state index contributed by atoms with van der Waals surface area (Å²) in [6.45, 7) is 5.15. The highest BCUT2D eigenvalue weighted by Crippen LogP contribution is 2.49. The van der Waals surface area contributed by atoms with Crippen molar-refractivity contribution in [3.05, 3.63) is 54.8 Å². The smallest absolute Gasteiger partial charge is 0.237 e. The van der Waals surface area contributed by atoms with Crippen molar-refractivity contribution in [3.63, 3.8) is 0 Å². The van der Waals surface area contributed by atoms with Crippen molar-refractivity contribution in [2.75, 3.05) is 11.4 Å². The number of imidazole rings is 1. The molecule has 6 rings (SSSR count). The summed E-state index contributed by atoms with van der Waals surface area (Å²) in [5.74, 6) is 4.16. The van der Waals surface area contributed by atoms with Crippen LogP contribution >= 0.6 is 0 Å². The number of aryl methyl sites for hydroxylation is 1. The molecule has 1 atom stereocenters. The number of anilines is 1. The molecule has 6 heterocycles. The van der Waals surface area contributed by atoms with Crippen LogP contribution in [0.15, 0.2) is 43.1 Å². The predicted octanol–water partition coefficient (Wildman–Crippen LogP) is 2.83. The van der Waals surface area contributed by atoms with Crippen molar-refractivity contribution < 1.29 is 0 Å². The summed E-state index contributed by atoms with van der Waals surface area (Å²) in [7, 11) is 0. The second kappa shape index (κ2) is 6.19. The van der Waals surface area contributed by atoms with Crippen LogP contribution in [0, 0.1) is 6.92 Å². The number of hydrogen-bond acceptors (Lipinski definition) is 7. The Bertz CT molecular complexity index is 1240. The third kappa shape index (κ3) is 2.17. The summed E-state index contributed by atoms with van der Waals surface area (Å²) in [5, 5.41) is 8.95. The Morgan fingerprint density at radius 2 is 2.07 bits per heavy atom. The lowest BCUT2D eigenvalue weighted by Gasteiger charge is -2.42. The molecular formula is C21H21N9. The van der Waals surface area contributed by atoms with Crippen LogP contribution in [0.5, 0.6) is 0 Å². The van der Waals surface area contributed by atoms with Gasteiger partial charge in [0, 0.05) is 36.9 Å². The maximum Gasteiger partial charge on any atom is 0.237 e. The van der Waals surface area contributed by atoms with Crippen LogP contribution < -0.4 is 4.90 Å². The molecule has 0 saturated carbocycles. The van der Waals surface area contributed by atoms with E-state index in [9.17, 15) is 0 Å². The molecule has 0 N–H and O–H groups in total. The summed E-state index contributed by atoms with van der Waals surface area (Å²) >= 11 is 0. The minimum Gasteiger partial charge on any atom is -0.342 e. The SMILES string of the molecule is CCC12CCCN1c1nc(-n3ccnc3-c3cccnc3)ncc1-n1c(C)nnc12. The Kier molecular flexibility index (Phi) is 3.56. The standard InChI is InChI=1S/C21H21N9/c1-3-21-7-5-10-29(21)18-16(30-14(2)26-27-19(21)30)13-24-20(25-18)28-11-9-23-17(28)15-6-4-8-22-12-15/h4,6,8-9,11-13H,3,5,7,10H2,1-2H3. The lowest BCUT2D eigenvalue weighted by molar-refractivity contribution is 0.381. The monoisotopic (exact) mass is 399 g/mol. The van der Waals surface area contributed by atoms with Crippen LogP contribution in [-0.2, 0) is 5.54 Å². The molecule has 1 fully saturated rings. The number of aromatic nitrogens is 8. The molecule has 4 aromatic heterocycles. The fraction of sp³-hybridized carbons (Fsp3) is 0.333. The van der Waals surface area contributed by atoms with Crippen molar-refractivity contribution in [1.82, 2.24) is 39.3 Å². The van der Waals surface area contributed by atoms with Gasteiger partial charge in [0.2, 0.25) is 5.95 Å². The van der Waals surface area contributed by atoms with Crippen molar-refractivity contribution in [2.45, 2.75) is 38.6 Å².